The minimum absolute atomic E-state index is 0.0724. The number of cyclic esters (lactones) is 1. The molecule has 3 aliphatic rings. The maximum atomic E-state index is 13.7. The molecule has 2 atom stereocenters. The molecule has 34 heavy (non-hydrogen) atoms. The lowest BCUT2D eigenvalue weighted by Gasteiger charge is -2.21. The first-order valence-electron chi connectivity index (χ1n) is 10.6. The molecule has 3 N–H and O–H groups in total. The van der Waals surface area contributed by atoms with Crippen molar-refractivity contribution >= 4 is 22.8 Å². The number of rotatable bonds is 3. The van der Waals surface area contributed by atoms with Crippen LogP contribution < -0.4 is 10.9 Å². The van der Waals surface area contributed by atoms with Crippen LogP contribution >= 0.6 is 0 Å². The summed E-state index contributed by atoms with van der Waals surface area (Å²) in [6.45, 7) is -0.952. The van der Waals surface area contributed by atoms with Crippen LogP contribution in [0.2, 0.25) is 0 Å². The van der Waals surface area contributed by atoms with Crippen molar-refractivity contribution in [1.29, 1.82) is 0 Å². The average molecular weight is 469 g/mol. The number of hydrogen-bond donors (Lipinski definition) is 3. The van der Waals surface area contributed by atoms with E-state index in [2.05, 4.69) is 10.3 Å². The van der Waals surface area contributed by atoms with Crippen molar-refractivity contribution < 1.29 is 33.3 Å². The van der Waals surface area contributed by atoms with Crippen molar-refractivity contribution in [2.75, 3.05) is 6.61 Å². The summed E-state index contributed by atoms with van der Waals surface area (Å²) in [6, 6.07) is 3.62. The van der Waals surface area contributed by atoms with Crippen LogP contribution in [0.15, 0.2) is 23.0 Å². The molecule has 11 heteroatoms. The van der Waals surface area contributed by atoms with E-state index in [4.69, 9.17) is 4.74 Å². The number of amides is 1. The van der Waals surface area contributed by atoms with E-state index in [-0.39, 0.29) is 36.3 Å². The molecule has 6 rings (SSSR count). The summed E-state index contributed by atoms with van der Waals surface area (Å²) in [4.78, 5) is 41.7. The molecule has 174 valence electrons. The summed E-state index contributed by atoms with van der Waals surface area (Å²) in [6.07, 6.45) is -4.23. The van der Waals surface area contributed by atoms with Gasteiger partial charge in [-0.05, 0) is 29.7 Å². The molecular formula is C23H17F2N3O6. The Labute approximate surface area is 189 Å². The quantitative estimate of drug-likeness (QED) is 0.384. The lowest BCUT2D eigenvalue weighted by Crippen LogP contribution is -2.32. The molecule has 0 bridgehead atoms. The molecule has 2 unspecified atom stereocenters. The Morgan fingerprint density at radius 3 is 2.79 bits per heavy atom. The number of carbonyl (C=O) groups excluding carboxylic acids is 2. The molecule has 3 aromatic rings. The van der Waals surface area contributed by atoms with Gasteiger partial charge in [-0.3, -0.25) is 9.59 Å². The second kappa shape index (κ2) is 7.15. The van der Waals surface area contributed by atoms with Crippen LogP contribution in [-0.4, -0.2) is 38.2 Å². The van der Waals surface area contributed by atoms with Crippen LogP contribution in [0.3, 0.4) is 0 Å². The van der Waals surface area contributed by atoms with Crippen LogP contribution in [0.4, 0.5) is 8.78 Å². The fourth-order valence-corrected chi connectivity index (χ4v) is 5.32. The molecule has 1 amide bonds. The van der Waals surface area contributed by atoms with E-state index in [1.807, 2.05) is 0 Å². The summed E-state index contributed by atoms with van der Waals surface area (Å²) in [5.74, 6) is -1.51. The van der Waals surface area contributed by atoms with Gasteiger partial charge in [0.2, 0.25) is 5.91 Å². The minimum atomic E-state index is -2.72. The number of aliphatic hydroxyl groups is 2. The van der Waals surface area contributed by atoms with Gasteiger partial charge >= 0.3 is 5.97 Å². The van der Waals surface area contributed by atoms with E-state index in [0.717, 1.165) is 0 Å². The Bertz CT molecular complexity index is 1500. The third-order valence-electron chi connectivity index (χ3n) is 6.78. The summed E-state index contributed by atoms with van der Waals surface area (Å²) in [5.41, 5.74) is 2.46. The average Bonchev–Trinajstić information content (AvgIpc) is 3.36. The maximum absolute atomic E-state index is 13.7. The van der Waals surface area contributed by atoms with Crippen molar-refractivity contribution in [3.05, 3.63) is 61.9 Å². The fraction of sp³-hybridized carbons (Fsp3) is 0.304. The van der Waals surface area contributed by atoms with Crippen molar-refractivity contribution in [2.24, 2.45) is 0 Å². The van der Waals surface area contributed by atoms with Gasteiger partial charge in [-0.2, -0.15) is 0 Å². The molecule has 2 aromatic heterocycles. The van der Waals surface area contributed by atoms with Gasteiger partial charge in [0.1, 0.15) is 13.2 Å². The van der Waals surface area contributed by atoms with Crippen molar-refractivity contribution in [2.45, 2.75) is 38.1 Å². The fourth-order valence-electron chi connectivity index (χ4n) is 5.32. The number of alkyl halides is 2. The first-order valence-corrected chi connectivity index (χ1v) is 10.6. The number of aliphatic hydroxyl groups excluding tert-OH is 2. The number of aromatic nitrogens is 2. The predicted molar refractivity (Wildman–Crippen MR) is 112 cm³/mol. The molecule has 1 aromatic carbocycles. The van der Waals surface area contributed by atoms with Gasteiger partial charge in [0, 0.05) is 22.1 Å². The Kier molecular flexibility index (Phi) is 4.39. The van der Waals surface area contributed by atoms with E-state index in [1.165, 1.54) is 22.8 Å². The van der Waals surface area contributed by atoms with Crippen LogP contribution in [0.25, 0.3) is 22.3 Å². The summed E-state index contributed by atoms with van der Waals surface area (Å²) in [5, 5.41) is 22.7. The molecule has 9 nitrogen and oxygen atoms in total. The number of nitrogens with one attached hydrogen (secondary N) is 1. The smallest absolute Gasteiger partial charge is 0.340 e. The van der Waals surface area contributed by atoms with E-state index >= 15 is 0 Å². The van der Waals surface area contributed by atoms with Crippen LogP contribution in [0.5, 0.6) is 0 Å². The molecule has 1 aliphatic carbocycles. The van der Waals surface area contributed by atoms with E-state index in [0.29, 0.717) is 39.0 Å². The second-order valence-corrected chi connectivity index (χ2v) is 8.53. The number of ether oxygens (including phenoxy) is 1. The monoisotopic (exact) mass is 469 g/mol. The molecule has 0 fully saturated rings. The zero-order valence-electron chi connectivity index (χ0n) is 17.5. The summed E-state index contributed by atoms with van der Waals surface area (Å²) < 4.78 is 33.8. The van der Waals surface area contributed by atoms with Crippen LogP contribution in [0, 0.1) is 0 Å². The molecular weight excluding hydrogens is 452 g/mol. The Morgan fingerprint density at radius 2 is 2.06 bits per heavy atom. The highest BCUT2D eigenvalue weighted by Crippen LogP contribution is 2.47. The number of benzene rings is 1. The number of halogens is 2. The zero-order chi connectivity index (χ0) is 23.9. The second-order valence-electron chi connectivity index (χ2n) is 8.53. The topological polar surface area (TPSA) is 131 Å². The first kappa shape index (κ1) is 20.9. The predicted octanol–water partition coefficient (Wildman–Crippen LogP) is 1.16. The SMILES string of the molecule is O=C(CO)NC1Cc2c(C(F)F)ccc3nc4c(c1c23)Cn1c-4cc2c(c1=O)COC(=O)C2O. The van der Waals surface area contributed by atoms with Crippen molar-refractivity contribution in [1.82, 2.24) is 14.9 Å². The number of esters is 1. The molecule has 2 aliphatic heterocycles. The van der Waals surface area contributed by atoms with Gasteiger partial charge in [0.25, 0.3) is 12.0 Å². The molecule has 0 saturated carbocycles. The van der Waals surface area contributed by atoms with Gasteiger partial charge < -0.3 is 24.8 Å². The zero-order valence-corrected chi connectivity index (χ0v) is 17.5. The number of pyridine rings is 2. The van der Waals surface area contributed by atoms with Crippen molar-refractivity contribution in [3.8, 4) is 11.4 Å². The Hall–Kier alpha value is -3.70. The number of fused-ring (bicyclic) bond motifs is 5. The van der Waals surface area contributed by atoms with Gasteiger partial charge in [-0.15, -0.1) is 0 Å². The highest BCUT2D eigenvalue weighted by molar-refractivity contribution is 5.95. The third kappa shape index (κ3) is 2.71. The van der Waals surface area contributed by atoms with Gasteiger partial charge in [-0.1, -0.05) is 6.07 Å². The summed E-state index contributed by atoms with van der Waals surface area (Å²) in [7, 11) is 0. The lowest BCUT2D eigenvalue weighted by molar-refractivity contribution is -0.157. The highest BCUT2D eigenvalue weighted by Gasteiger charge is 2.39. The van der Waals surface area contributed by atoms with Crippen LogP contribution in [0.1, 0.15) is 52.0 Å². The first-order chi connectivity index (χ1) is 16.3. The molecule has 0 saturated heterocycles. The number of nitrogens with zero attached hydrogens (tertiary/aromatic N) is 2. The van der Waals surface area contributed by atoms with Gasteiger partial charge in [-0.25, -0.2) is 18.6 Å². The van der Waals surface area contributed by atoms with Gasteiger partial charge in [0.05, 0.1) is 35.1 Å². The molecule has 0 spiro atoms. The van der Waals surface area contributed by atoms with Crippen molar-refractivity contribution in [3.63, 3.8) is 0 Å². The van der Waals surface area contributed by atoms with E-state index in [9.17, 15) is 33.4 Å². The molecule has 0 radical (unpaired) electrons. The Balaban J connectivity index is 1.62. The summed E-state index contributed by atoms with van der Waals surface area (Å²) >= 11 is 0. The van der Waals surface area contributed by atoms with E-state index < -0.39 is 42.6 Å². The highest BCUT2D eigenvalue weighted by atomic mass is 19.3. The van der Waals surface area contributed by atoms with E-state index in [1.54, 1.807) is 0 Å². The largest absolute Gasteiger partial charge is 0.458 e. The van der Waals surface area contributed by atoms with Gasteiger partial charge in [0.15, 0.2) is 6.10 Å². The normalized spacial score (nSPS) is 19.7. The standard InChI is InChI=1S/C23H17F2N3O6/c24-21(25)8-1-2-13-17-9(8)3-14(26-16(30)6-29)18(17)11-5-28-15(19(11)27-13)4-10-12(22(28)32)7-34-23(33)20(10)31/h1-2,4,14,20-21,29,31H,3,5-7H2,(H,26,30). The van der Waals surface area contributed by atoms with Crippen LogP contribution in [-0.2, 0) is 33.9 Å². The third-order valence-corrected chi connectivity index (χ3v) is 6.78. The number of hydrogen-bond acceptors (Lipinski definition) is 7. The Morgan fingerprint density at radius 1 is 1.26 bits per heavy atom. The number of carbonyl (C=O) groups is 2. The minimum Gasteiger partial charge on any atom is -0.458 e. The maximum Gasteiger partial charge on any atom is 0.340 e. The molecule has 4 heterocycles. The lowest BCUT2D eigenvalue weighted by atomic mass is 9.97.